The minimum Gasteiger partial charge on any atom is -0.304 e. The number of aromatic nitrogens is 4. The third-order valence-corrected chi connectivity index (χ3v) is 9.09. The maximum Gasteiger partial charge on any atom is 0.163 e. The molecular weight excluding hydrogens is 633 g/mol. The van der Waals surface area contributed by atoms with Gasteiger partial charge in [-0.25, -0.2) is 15.0 Å². The van der Waals surface area contributed by atoms with Crippen LogP contribution in [0.4, 0.5) is 0 Å². The zero-order valence-corrected chi connectivity index (χ0v) is 25.6. The molecule has 0 aliphatic heterocycles. The van der Waals surface area contributed by atoms with E-state index in [2.05, 4.69) is 112 Å². The Kier molecular flexibility index (Phi) is 6.80. The molecule has 0 N–H and O–H groups in total. The first-order valence-electron chi connectivity index (χ1n) is 12.7. The molecule has 0 bridgehead atoms. The molecule has 0 unspecified atom stereocenters. The Morgan fingerprint density at radius 3 is 1.84 bits per heavy atom. The first-order chi connectivity index (χ1) is 16.8. The summed E-state index contributed by atoms with van der Waals surface area (Å²) in [5, 5.41) is 0. The average Bonchev–Trinajstić information content (AvgIpc) is 2.92. The summed E-state index contributed by atoms with van der Waals surface area (Å²) in [6.07, 6.45) is 1.97. The summed E-state index contributed by atoms with van der Waals surface area (Å²) >= 11 is 0. The van der Waals surface area contributed by atoms with Gasteiger partial charge in [-0.15, -0.1) is 34.9 Å². The number of benzene rings is 2. The molecule has 1 aliphatic rings. The number of rotatable bonds is 3. The summed E-state index contributed by atoms with van der Waals surface area (Å²) in [7, 11) is 0. The Morgan fingerprint density at radius 1 is 0.676 bits per heavy atom. The van der Waals surface area contributed by atoms with Gasteiger partial charge in [0.25, 0.3) is 0 Å². The third kappa shape index (κ3) is 4.27. The maximum absolute atomic E-state index is 4.91. The zero-order valence-electron chi connectivity index (χ0n) is 23.2. The minimum absolute atomic E-state index is 0. The van der Waals surface area contributed by atoms with Crippen LogP contribution in [0.1, 0.15) is 69.9 Å². The Labute approximate surface area is 234 Å². The first kappa shape index (κ1) is 27.3. The number of pyridine rings is 1. The quantitative estimate of drug-likeness (QED) is 0.212. The zero-order chi connectivity index (χ0) is 26.0. The summed E-state index contributed by atoms with van der Waals surface area (Å²) in [6, 6.07) is 18.7. The van der Waals surface area contributed by atoms with Gasteiger partial charge in [-0.3, -0.25) is 0 Å². The van der Waals surface area contributed by atoms with Crippen LogP contribution >= 0.6 is 0 Å². The number of aryl methyl sites for hydroxylation is 3. The van der Waals surface area contributed by atoms with E-state index in [1.807, 2.05) is 20.0 Å². The van der Waals surface area contributed by atoms with Gasteiger partial charge in [0.2, 0.25) is 0 Å². The number of fused-ring (bicyclic) bond motifs is 1. The smallest absolute Gasteiger partial charge is 0.163 e. The summed E-state index contributed by atoms with van der Waals surface area (Å²) < 4.78 is 0. The summed E-state index contributed by atoms with van der Waals surface area (Å²) in [5.74, 6) is 2.17. The van der Waals surface area contributed by atoms with Crippen molar-refractivity contribution in [1.82, 2.24) is 19.9 Å². The van der Waals surface area contributed by atoms with Gasteiger partial charge in [-0.1, -0.05) is 77.4 Å². The van der Waals surface area contributed by atoms with E-state index in [-0.39, 0.29) is 36.4 Å². The molecule has 2 heterocycles. The van der Waals surface area contributed by atoms with Crippen molar-refractivity contribution in [2.24, 2.45) is 5.41 Å². The fraction of sp³-hybridized carbons (Fsp3) is 0.375. The standard InChI is InChI=1S/C32H35N4.Ir/c1-19-16-25(22-10-12-23(13-11-22)29-35-20(2)34-21(3)36-29)18-33-28(19)24-14-15-26-27(17-24)31(6,7)32(8,9)30(26,4)5;/h10-13,15-18H,1-9H3;/q-1;. The molecule has 37 heavy (non-hydrogen) atoms. The molecule has 5 rings (SSSR count). The van der Waals surface area contributed by atoms with E-state index in [1.54, 1.807) is 0 Å². The second-order valence-electron chi connectivity index (χ2n) is 11.8. The maximum atomic E-state index is 4.91. The van der Waals surface area contributed by atoms with Crippen LogP contribution in [0.25, 0.3) is 33.8 Å². The van der Waals surface area contributed by atoms with Gasteiger partial charge in [0.1, 0.15) is 11.6 Å². The van der Waals surface area contributed by atoms with E-state index in [1.165, 1.54) is 11.1 Å². The van der Waals surface area contributed by atoms with Gasteiger partial charge in [0, 0.05) is 31.9 Å². The monoisotopic (exact) mass is 668 g/mol. The minimum atomic E-state index is 0. The van der Waals surface area contributed by atoms with Crippen molar-refractivity contribution in [2.75, 3.05) is 0 Å². The molecule has 4 nitrogen and oxygen atoms in total. The molecule has 2 aromatic carbocycles. The first-order valence-corrected chi connectivity index (χ1v) is 12.7. The third-order valence-electron chi connectivity index (χ3n) is 9.09. The molecule has 0 atom stereocenters. The topological polar surface area (TPSA) is 51.6 Å². The fourth-order valence-corrected chi connectivity index (χ4v) is 5.69. The molecule has 193 valence electrons. The van der Waals surface area contributed by atoms with Crippen molar-refractivity contribution in [1.29, 1.82) is 0 Å². The predicted octanol–water partition coefficient (Wildman–Crippen LogP) is 7.59. The van der Waals surface area contributed by atoms with Crippen molar-refractivity contribution in [3.8, 4) is 33.8 Å². The molecule has 1 radical (unpaired) electrons. The second kappa shape index (κ2) is 9.22. The van der Waals surface area contributed by atoms with Gasteiger partial charge in [-0.05, 0) is 53.8 Å². The van der Waals surface area contributed by atoms with Crippen LogP contribution in [-0.2, 0) is 30.9 Å². The molecule has 5 heteroatoms. The van der Waals surface area contributed by atoms with Crippen molar-refractivity contribution < 1.29 is 20.1 Å². The van der Waals surface area contributed by atoms with Crippen molar-refractivity contribution in [3.63, 3.8) is 0 Å². The Morgan fingerprint density at radius 2 is 1.24 bits per heavy atom. The van der Waals surface area contributed by atoms with E-state index in [9.17, 15) is 0 Å². The Hall–Kier alpha value is -2.75. The Balaban J connectivity index is 0.00000320. The van der Waals surface area contributed by atoms with Crippen LogP contribution in [0.2, 0.25) is 0 Å². The van der Waals surface area contributed by atoms with Gasteiger partial charge >= 0.3 is 0 Å². The fourth-order valence-electron chi connectivity index (χ4n) is 5.69. The van der Waals surface area contributed by atoms with Crippen LogP contribution in [0.5, 0.6) is 0 Å². The van der Waals surface area contributed by atoms with E-state index in [0.29, 0.717) is 5.82 Å². The molecule has 0 fully saturated rings. The SMILES string of the molecule is Cc1nc(C)nc(-c2ccc(-c3cnc(-c4[c-]cc5c(c4)C(C)(C)C(C)(C)C5(C)C)c(C)c3)cc2)n1.[Ir]. The van der Waals surface area contributed by atoms with Crippen molar-refractivity contribution in [3.05, 3.63) is 83.1 Å². The predicted molar refractivity (Wildman–Crippen MR) is 147 cm³/mol. The largest absolute Gasteiger partial charge is 0.304 e. The van der Waals surface area contributed by atoms with Gasteiger partial charge in [-0.2, -0.15) is 0 Å². The second-order valence-corrected chi connectivity index (χ2v) is 11.8. The number of nitrogens with zero attached hydrogens (tertiary/aromatic N) is 4. The van der Waals surface area contributed by atoms with Crippen LogP contribution in [-0.4, -0.2) is 19.9 Å². The molecule has 2 aromatic heterocycles. The van der Waals surface area contributed by atoms with Crippen molar-refractivity contribution in [2.45, 2.75) is 73.1 Å². The van der Waals surface area contributed by atoms with E-state index >= 15 is 0 Å². The van der Waals surface area contributed by atoms with Gasteiger partial charge in [0.15, 0.2) is 5.82 Å². The molecule has 0 saturated carbocycles. The Bertz CT molecular complexity index is 1460. The molecule has 4 aromatic rings. The number of hydrogen-bond donors (Lipinski definition) is 0. The summed E-state index contributed by atoms with van der Waals surface area (Å²) in [5.41, 5.74) is 9.48. The van der Waals surface area contributed by atoms with Crippen LogP contribution in [0, 0.1) is 32.3 Å². The normalized spacial score (nSPS) is 16.7. The van der Waals surface area contributed by atoms with Gasteiger partial charge in [0.05, 0.1) is 0 Å². The molecular formula is C32H35IrN4-. The van der Waals surface area contributed by atoms with Crippen LogP contribution in [0.3, 0.4) is 0 Å². The van der Waals surface area contributed by atoms with E-state index in [0.717, 1.165) is 45.2 Å². The molecule has 0 spiro atoms. The molecule has 0 amide bonds. The van der Waals surface area contributed by atoms with Gasteiger partial charge < -0.3 is 4.98 Å². The van der Waals surface area contributed by atoms with Crippen molar-refractivity contribution >= 4 is 0 Å². The summed E-state index contributed by atoms with van der Waals surface area (Å²) in [6.45, 7) is 20.2. The molecule has 1 aliphatic carbocycles. The van der Waals surface area contributed by atoms with Crippen LogP contribution in [0.15, 0.2) is 48.7 Å². The number of hydrogen-bond acceptors (Lipinski definition) is 4. The average molecular weight is 668 g/mol. The van der Waals surface area contributed by atoms with E-state index in [4.69, 9.17) is 4.98 Å². The molecule has 0 saturated heterocycles. The summed E-state index contributed by atoms with van der Waals surface area (Å²) in [4.78, 5) is 18.1. The van der Waals surface area contributed by atoms with E-state index < -0.39 is 0 Å². The van der Waals surface area contributed by atoms with Crippen LogP contribution < -0.4 is 0 Å².